The predicted molar refractivity (Wildman–Crippen MR) is 77.1 cm³/mol. The Morgan fingerprint density at radius 1 is 1.37 bits per heavy atom. The number of hydrogen-bond donors (Lipinski definition) is 2. The summed E-state index contributed by atoms with van der Waals surface area (Å²) in [7, 11) is 0. The Kier molecular flexibility index (Phi) is 3.38. The second kappa shape index (κ2) is 5.17. The largest absolute Gasteiger partial charge is 0.347 e. The number of rotatable bonds is 4. The first kappa shape index (κ1) is 12.4. The van der Waals surface area contributed by atoms with Gasteiger partial charge in [-0.05, 0) is 38.2 Å². The molecule has 2 N–H and O–H groups in total. The van der Waals surface area contributed by atoms with Gasteiger partial charge in [0.1, 0.15) is 5.82 Å². The van der Waals surface area contributed by atoms with Gasteiger partial charge in [-0.2, -0.15) is 0 Å². The molecule has 1 fully saturated rings. The Labute approximate surface area is 114 Å². The fourth-order valence-corrected chi connectivity index (χ4v) is 2.90. The van der Waals surface area contributed by atoms with Gasteiger partial charge in [-0.3, -0.25) is 0 Å². The van der Waals surface area contributed by atoms with Gasteiger partial charge in [0.05, 0.1) is 6.04 Å². The molecule has 0 bridgehead atoms. The third kappa shape index (κ3) is 2.71. The van der Waals surface area contributed by atoms with E-state index in [2.05, 4.69) is 53.4 Å². The molecule has 1 heterocycles. The minimum atomic E-state index is 0.304. The van der Waals surface area contributed by atoms with Crippen LogP contribution in [0.1, 0.15) is 48.7 Å². The molecule has 0 spiro atoms. The van der Waals surface area contributed by atoms with E-state index in [-0.39, 0.29) is 0 Å². The molecule has 1 atom stereocenters. The van der Waals surface area contributed by atoms with Crippen molar-refractivity contribution in [3.8, 4) is 0 Å². The van der Waals surface area contributed by atoms with Crippen LogP contribution in [0.25, 0.3) is 0 Å². The number of nitrogens with one attached hydrogen (secondary N) is 2. The smallest absolute Gasteiger partial charge is 0.122 e. The molecule has 1 unspecified atom stereocenters. The molecule has 0 saturated heterocycles. The summed E-state index contributed by atoms with van der Waals surface area (Å²) in [6, 6.07) is 9.82. The van der Waals surface area contributed by atoms with Crippen molar-refractivity contribution in [1.82, 2.24) is 15.3 Å². The zero-order chi connectivity index (χ0) is 13.2. The van der Waals surface area contributed by atoms with E-state index in [1.807, 2.05) is 12.4 Å². The molecule has 100 valence electrons. The van der Waals surface area contributed by atoms with Crippen molar-refractivity contribution in [3.63, 3.8) is 0 Å². The van der Waals surface area contributed by atoms with Crippen LogP contribution in [-0.2, 0) is 0 Å². The average Bonchev–Trinajstić information content (AvgIpc) is 2.86. The Hall–Kier alpha value is -1.61. The van der Waals surface area contributed by atoms with Gasteiger partial charge in [-0.1, -0.05) is 29.8 Å². The molecule has 0 amide bonds. The van der Waals surface area contributed by atoms with E-state index >= 15 is 0 Å². The van der Waals surface area contributed by atoms with Gasteiger partial charge in [-0.25, -0.2) is 4.98 Å². The van der Waals surface area contributed by atoms with E-state index in [0.717, 1.165) is 11.7 Å². The fraction of sp³-hybridized carbons (Fsp3) is 0.438. The Morgan fingerprint density at radius 3 is 2.89 bits per heavy atom. The highest BCUT2D eigenvalue weighted by Gasteiger charge is 2.31. The molecule has 3 heteroatoms. The minimum Gasteiger partial charge on any atom is -0.347 e. The van der Waals surface area contributed by atoms with E-state index in [9.17, 15) is 0 Å². The topological polar surface area (TPSA) is 40.7 Å². The number of H-pyrrole nitrogens is 1. The van der Waals surface area contributed by atoms with Crippen molar-refractivity contribution >= 4 is 0 Å². The molecule has 1 saturated carbocycles. The standard InChI is InChI=1S/C16H21N3/c1-11-4-3-5-13(8-11)14-9-15(10-14)19-12(2)16-17-6-7-18-16/h3-8,12,14-15,19H,9-10H2,1-2H3,(H,17,18). The highest BCUT2D eigenvalue weighted by Crippen LogP contribution is 2.37. The molecule has 1 aromatic carbocycles. The Bertz CT molecular complexity index is 527. The zero-order valence-electron chi connectivity index (χ0n) is 11.6. The van der Waals surface area contributed by atoms with Crippen LogP contribution in [0, 0.1) is 6.92 Å². The lowest BCUT2D eigenvalue weighted by Gasteiger charge is -2.38. The monoisotopic (exact) mass is 255 g/mol. The van der Waals surface area contributed by atoms with E-state index in [1.54, 1.807) is 0 Å². The summed E-state index contributed by atoms with van der Waals surface area (Å²) in [4.78, 5) is 7.47. The number of nitrogens with zero attached hydrogens (tertiary/aromatic N) is 1. The van der Waals surface area contributed by atoms with Gasteiger partial charge in [-0.15, -0.1) is 0 Å². The van der Waals surface area contributed by atoms with E-state index in [1.165, 1.54) is 24.0 Å². The van der Waals surface area contributed by atoms with Crippen molar-refractivity contribution in [2.45, 2.75) is 44.7 Å². The molecule has 0 aliphatic heterocycles. The maximum Gasteiger partial charge on any atom is 0.122 e. The van der Waals surface area contributed by atoms with Gasteiger partial charge in [0, 0.05) is 18.4 Å². The van der Waals surface area contributed by atoms with E-state index in [0.29, 0.717) is 12.1 Å². The maximum absolute atomic E-state index is 4.30. The summed E-state index contributed by atoms with van der Waals surface area (Å²) in [5.41, 5.74) is 2.85. The predicted octanol–water partition coefficient (Wildman–Crippen LogP) is 3.31. The molecule has 2 aromatic rings. The number of aromatic amines is 1. The summed E-state index contributed by atoms with van der Waals surface area (Å²) in [6.45, 7) is 4.33. The van der Waals surface area contributed by atoms with Gasteiger partial charge in [0.25, 0.3) is 0 Å². The van der Waals surface area contributed by atoms with Crippen molar-refractivity contribution in [2.75, 3.05) is 0 Å². The second-order valence-corrected chi connectivity index (χ2v) is 5.64. The molecule has 19 heavy (non-hydrogen) atoms. The van der Waals surface area contributed by atoms with Gasteiger partial charge < -0.3 is 10.3 Å². The van der Waals surface area contributed by atoms with Crippen LogP contribution in [0.4, 0.5) is 0 Å². The number of aryl methyl sites for hydroxylation is 1. The average molecular weight is 255 g/mol. The third-order valence-corrected chi connectivity index (χ3v) is 4.07. The summed E-state index contributed by atoms with van der Waals surface area (Å²) in [5.74, 6) is 1.75. The van der Waals surface area contributed by atoms with Crippen molar-refractivity contribution in [1.29, 1.82) is 0 Å². The lowest BCUT2D eigenvalue weighted by Crippen LogP contribution is -2.41. The Morgan fingerprint density at radius 2 is 2.21 bits per heavy atom. The second-order valence-electron chi connectivity index (χ2n) is 5.64. The van der Waals surface area contributed by atoms with Crippen LogP contribution in [-0.4, -0.2) is 16.0 Å². The van der Waals surface area contributed by atoms with Crippen molar-refractivity contribution < 1.29 is 0 Å². The quantitative estimate of drug-likeness (QED) is 0.880. The molecular formula is C16H21N3. The fourth-order valence-electron chi connectivity index (χ4n) is 2.90. The first-order valence-corrected chi connectivity index (χ1v) is 7.04. The van der Waals surface area contributed by atoms with Gasteiger partial charge in [0.15, 0.2) is 0 Å². The molecule has 1 aliphatic rings. The molecule has 1 aromatic heterocycles. The molecule has 1 aliphatic carbocycles. The molecular weight excluding hydrogens is 234 g/mol. The first-order valence-electron chi connectivity index (χ1n) is 7.04. The summed E-state index contributed by atoms with van der Waals surface area (Å²) in [6.07, 6.45) is 6.15. The summed E-state index contributed by atoms with van der Waals surface area (Å²) < 4.78 is 0. The molecule has 0 radical (unpaired) electrons. The minimum absolute atomic E-state index is 0.304. The van der Waals surface area contributed by atoms with E-state index in [4.69, 9.17) is 0 Å². The Balaban J connectivity index is 1.53. The van der Waals surface area contributed by atoms with Crippen LogP contribution in [0.2, 0.25) is 0 Å². The number of aromatic nitrogens is 2. The van der Waals surface area contributed by atoms with E-state index < -0.39 is 0 Å². The molecule has 3 nitrogen and oxygen atoms in total. The van der Waals surface area contributed by atoms with Crippen LogP contribution in [0.3, 0.4) is 0 Å². The molecule has 3 rings (SSSR count). The number of benzene rings is 1. The number of imidazole rings is 1. The lowest BCUT2D eigenvalue weighted by molar-refractivity contribution is 0.268. The van der Waals surface area contributed by atoms with Gasteiger partial charge in [0.2, 0.25) is 0 Å². The zero-order valence-corrected chi connectivity index (χ0v) is 11.6. The van der Waals surface area contributed by atoms with Crippen LogP contribution in [0.5, 0.6) is 0 Å². The maximum atomic E-state index is 4.30. The van der Waals surface area contributed by atoms with Gasteiger partial charge >= 0.3 is 0 Å². The third-order valence-electron chi connectivity index (χ3n) is 4.07. The number of hydrogen-bond acceptors (Lipinski definition) is 2. The lowest BCUT2D eigenvalue weighted by atomic mass is 9.75. The SMILES string of the molecule is Cc1cccc(C2CC(NC(C)c3ncc[nH]3)C2)c1. The van der Waals surface area contributed by atoms with Crippen LogP contribution < -0.4 is 5.32 Å². The van der Waals surface area contributed by atoms with Crippen molar-refractivity contribution in [3.05, 3.63) is 53.6 Å². The summed E-state index contributed by atoms with van der Waals surface area (Å²) in [5, 5.41) is 3.64. The van der Waals surface area contributed by atoms with Crippen LogP contribution in [0.15, 0.2) is 36.7 Å². The normalized spacial score (nSPS) is 23.9. The summed E-state index contributed by atoms with van der Waals surface area (Å²) >= 11 is 0. The van der Waals surface area contributed by atoms with Crippen LogP contribution >= 0.6 is 0 Å². The highest BCUT2D eigenvalue weighted by molar-refractivity contribution is 5.27. The highest BCUT2D eigenvalue weighted by atomic mass is 15.0. The first-order chi connectivity index (χ1) is 9.22. The van der Waals surface area contributed by atoms with Crippen molar-refractivity contribution in [2.24, 2.45) is 0 Å².